The molecule has 3 aromatic rings. The third-order valence-corrected chi connectivity index (χ3v) is 3.04. The number of aromatic nitrogens is 4. The number of pyridine rings is 2. The van der Waals surface area contributed by atoms with Crippen LogP contribution < -0.4 is 0 Å². The molecule has 0 aliphatic carbocycles. The van der Waals surface area contributed by atoms with Crippen LogP contribution in [0, 0.1) is 0 Å². The Morgan fingerprint density at radius 3 is 2.89 bits per heavy atom. The van der Waals surface area contributed by atoms with Crippen molar-refractivity contribution in [3.05, 3.63) is 47.2 Å². The Balaban J connectivity index is 2.21. The molecule has 94 valence electrons. The largest absolute Gasteiger partial charge is 0.476 e. The van der Waals surface area contributed by atoms with Gasteiger partial charge >= 0.3 is 5.97 Å². The highest BCUT2D eigenvalue weighted by molar-refractivity contribution is 9.10. The van der Waals surface area contributed by atoms with Crippen molar-refractivity contribution in [3.63, 3.8) is 0 Å². The van der Waals surface area contributed by atoms with Crippen molar-refractivity contribution in [2.45, 2.75) is 0 Å². The second kappa shape index (κ2) is 4.43. The third-order valence-electron chi connectivity index (χ3n) is 2.60. The molecule has 3 heterocycles. The Labute approximate surface area is 115 Å². The van der Waals surface area contributed by atoms with Crippen molar-refractivity contribution in [3.8, 4) is 5.69 Å². The van der Waals surface area contributed by atoms with E-state index in [0.717, 1.165) is 15.7 Å². The van der Waals surface area contributed by atoms with Gasteiger partial charge in [0.05, 0.1) is 11.2 Å². The molecule has 7 heteroatoms. The van der Waals surface area contributed by atoms with Gasteiger partial charge in [0, 0.05) is 23.1 Å². The van der Waals surface area contributed by atoms with E-state index in [0.29, 0.717) is 5.52 Å². The summed E-state index contributed by atoms with van der Waals surface area (Å²) in [7, 11) is 0. The van der Waals surface area contributed by atoms with Gasteiger partial charge in [0.25, 0.3) is 0 Å². The predicted molar refractivity (Wildman–Crippen MR) is 71.3 cm³/mol. The molecule has 6 nitrogen and oxygen atoms in total. The molecular weight excluding hydrogens is 312 g/mol. The minimum atomic E-state index is -1.06. The number of rotatable bonds is 2. The van der Waals surface area contributed by atoms with Gasteiger partial charge in [0.2, 0.25) is 0 Å². The van der Waals surface area contributed by atoms with Crippen LogP contribution in [0.1, 0.15) is 10.5 Å². The lowest BCUT2D eigenvalue weighted by Gasteiger charge is -2.05. The summed E-state index contributed by atoms with van der Waals surface area (Å²) in [5.74, 6) is -1.06. The van der Waals surface area contributed by atoms with Crippen LogP contribution in [-0.2, 0) is 0 Å². The number of aromatic carboxylic acids is 1. The van der Waals surface area contributed by atoms with E-state index in [1.807, 2.05) is 6.07 Å². The van der Waals surface area contributed by atoms with Crippen LogP contribution in [0.4, 0.5) is 0 Å². The van der Waals surface area contributed by atoms with Crippen molar-refractivity contribution in [2.24, 2.45) is 0 Å². The molecule has 0 spiro atoms. The summed E-state index contributed by atoms with van der Waals surface area (Å²) in [6.07, 6.45) is 6.21. The van der Waals surface area contributed by atoms with E-state index in [1.165, 1.54) is 12.5 Å². The third kappa shape index (κ3) is 2.08. The number of imidazole rings is 1. The minimum Gasteiger partial charge on any atom is -0.476 e. The molecule has 3 aromatic heterocycles. The zero-order valence-electron chi connectivity index (χ0n) is 9.49. The Morgan fingerprint density at radius 2 is 2.16 bits per heavy atom. The lowest BCUT2D eigenvalue weighted by molar-refractivity contribution is 0.0691. The van der Waals surface area contributed by atoms with E-state index < -0.39 is 5.97 Å². The molecule has 0 atom stereocenters. The van der Waals surface area contributed by atoms with E-state index in [1.54, 1.807) is 23.0 Å². The highest BCUT2D eigenvalue weighted by Gasteiger charge is 2.10. The molecule has 0 aliphatic heterocycles. The summed E-state index contributed by atoms with van der Waals surface area (Å²) in [4.78, 5) is 23.2. The van der Waals surface area contributed by atoms with Crippen molar-refractivity contribution in [2.75, 3.05) is 0 Å². The quantitative estimate of drug-likeness (QED) is 0.784. The molecular formula is C12H7BrN4O2. The maximum Gasteiger partial charge on any atom is 0.356 e. The fourth-order valence-electron chi connectivity index (χ4n) is 1.76. The number of carbonyl (C=O) groups is 1. The molecule has 0 saturated carbocycles. The minimum absolute atomic E-state index is 0.0120. The van der Waals surface area contributed by atoms with Crippen molar-refractivity contribution < 1.29 is 9.90 Å². The van der Waals surface area contributed by atoms with Crippen LogP contribution in [0.5, 0.6) is 0 Å². The first-order valence-electron chi connectivity index (χ1n) is 5.33. The lowest BCUT2D eigenvalue weighted by Crippen LogP contribution is -1.97. The average Bonchev–Trinajstić information content (AvgIpc) is 2.87. The second-order valence-electron chi connectivity index (χ2n) is 3.82. The molecule has 0 aromatic carbocycles. The van der Waals surface area contributed by atoms with Crippen molar-refractivity contribution in [1.29, 1.82) is 0 Å². The van der Waals surface area contributed by atoms with Crippen LogP contribution in [0.15, 0.2) is 41.5 Å². The number of nitrogens with zero attached hydrogens (tertiary/aromatic N) is 4. The van der Waals surface area contributed by atoms with Gasteiger partial charge in [-0.25, -0.2) is 9.78 Å². The number of hydrogen-bond donors (Lipinski definition) is 1. The fourth-order valence-corrected chi connectivity index (χ4v) is 2.08. The zero-order valence-corrected chi connectivity index (χ0v) is 11.1. The van der Waals surface area contributed by atoms with Crippen LogP contribution in [0.3, 0.4) is 0 Å². The highest BCUT2D eigenvalue weighted by atomic mass is 79.9. The van der Waals surface area contributed by atoms with Gasteiger partial charge < -0.3 is 9.67 Å². The normalized spacial score (nSPS) is 10.8. The monoisotopic (exact) mass is 318 g/mol. The van der Waals surface area contributed by atoms with Gasteiger partial charge in [0.15, 0.2) is 5.69 Å². The van der Waals surface area contributed by atoms with Gasteiger partial charge in [-0.2, -0.15) is 0 Å². The van der Waals surface area contributed by atoms with E-state index in [-0.39, 0.29) is 5.69 Å². The van der Waals surface area contributed by atoms with E-state index in [9.17, 15) is 4.79 Å². The van der Waals surface area contributed by atoms with Crippen molar-refractivity contribution in [1.82, 2.24) is 19.5 Å². The summed E-state index contributed by atoms with van der Waals surface area (Å²) < 4.78 is 2.45. The van der Waals surface area contributed by atoms with Gasteiger partial charge in [-0.15, -0.1) is 0 Å². The van der Waals surface area contributed by atoms with E-state index in [2.05, 4.69) is 30.9 Å². The van der Waals surface area contributed by atoms with Crippen LogP contribution in [-0.4, -0.2) is 30.6 Å². The number of carboxylic acids is 1. The smallest absolute Gasteiger partial charge is 0.356 e. The number of carboxylic acid groups (broad SMARTS) is 1. The fraction of sp³-hybridized carbons (Fsp3) is 0. The number of halogens is 1. The molecule has 0 amide bonds. The predicted octanol–water partition coefficient (Wildman–Crippen LogP) is 2.28. The Kier molecular flexibility index (Phi) is 2.75. The van der Waals surface area contributed by atoms with Gasteiger partial charge in [-0.1, -0.05) is 0 Å². The maximum atomic E-state index is 10.8. The Bertz CT molecular complexity index is 784. The summed E-state index contributed by atoms with van der Waals surface area (Å²) in [5.41, 5.74) is 2.12. The standard InChI is InChI=1S/C12H7BrN4O2/c13-7-3-8-11(15-4-7)10(1-2-14-8)17-5-9(12(18)19)16-6-17/h1-6H,(H,18,19). The Morgan fingerprint density at radius 1 is 1.32 bits per heavy atom. The summed E-state index contributed by atoms with van der Waals surface area (Å²) >= 11 is 3.34. The molecule has 0 saturated heterocycles. The van der Waals surface area contributed by atoms with Crippen molar-refractivity contribution >= 4 is 32.9 Å². The number of hydrogen-bond acceptors (Lipinski definition) is 4. The molecule has 19 heavy (non-hydrogen) atoms. The molecule has 0 bridgehead atoms. The molecule has 0 aliphatic rings. The molecule has 0 fully saturated rings. The van der Waals surface area contributed by atoms with Crippen LogP contribution in [0.2, 0.25) is 0 Å². The first-order valence-corrected chi connectivity index (χ1v) is 6.12. The first kappa shape index (κ1) is 11.8. The lowest BCUT2D eigenvalue weighted by atomic mass is 10.3. The van der Waals surface area contributed by atoms with Crippen LogP contribution >= 0.6 is 15.9 Å². The average molecular weight is 319 g/mol. The SMILES string of the molecule is O=C(O)c1cn(-c2ccnc3cc(Br)cnc23)cn1. The maximum absolute atomic E-state index is 10.8. The zero-order chi connectivity index (χ0) is 13.4. The molecule has 3 rings (SSSR count). The van der Waals surface area contributed by atoms with E-state index in [4.69, 9.17) is 5.11 Å². The van der Waals surface area contributed by atoms with Gasteiger partial charge in [0.1, 0.15) is 11.8 Å². The van der Waals surface area contributed by atoms with Gasteiger partial charge in [-0.05, 0) is 28.1 Å². The molecule has 0 unspecified atom stereocenters. The Hall–Kier alpha value is -2.28. The van der Waals surface area contributed by atoms with E-state index >= 15 is 0 Å². The topological polar surface area (TPSA) is 80.9 Å². The molecule has 0 radical (unpaired) electrons. The highest BCUT2D eigenvalue weighted by Crippen LogP contribution is 2.21. The first-order chi connectivity index (χ1) is 9.15. The van der Waals surface area contributed by atoms with Crippen LogP contribution in [0.25, 0.3) is 16.7 Å². The summed E-state index contributed by atoms with van der Waals surface area (Å²) in [6, 6.07) is 3.61. The second-order valence-corrected chi connectivity index (χ2v) is 4.74. The summed E-state index contributed by atoms with van der Waals surface area (Å²) in [5, 5.41) is 8.88. The molecule has 1 N–H and O–H groups in total. The summed E-state index contributed by atoms with van der Waals surface area (Å²) in [6.45, 7) is 0. The van der Waals surface area contributed by atoms with Gasteiger partial charge in [-0.3, -0.25) is 9.97 Å². The number of fused-ring (bicyclic) bond motifs is 1.